The molecule has 0 spiro atoms. The molecule has 2 heteroatoms. The van der Waals surface area contributed by atoms with Crippen LogP contribution in [0.1, 0.15) is 174 Å². The van der Waals surface area contributed by atoms with Gasteiger partial charge in [0, 0.05) is 0 Å². The molecule has 0 heterocycles. The minimum absolute atomic E-state index is 1.17. The zero-order valence-electron chi connectivity index (χ0n) is 25.8. The van der Waals surface area contributed by atoms with Crippen molar-refractivity contribution in [3.8, 4) is 0 Å². The summed E-state index contributed by atoms with van der Waals surface area (Å²) in [5.41, 5.74) is 0. The molecule has 0 saturated heterocycles. The van der Waals surface area contributed by atoms with Gasteiger partial charge in [-0.15, -0.1) is 0 Å². The summed E-state index contributed by atoms with van der Waals surface area (Å²) in [5.74, 6) is 0. The fourth-order valence-corrected chi connectivity index (χ4v) is 4.87. The van der Waals surface area contributed by atoms with Crippen molar-refractivity contribution in [2.45, 2.75) is 174 Å². The Balaban J connectivity index is 3.09. The quantitative estimate of drug-likeness (QED) is 0.0683. The number of hydrogen-bond acceptors (Lipinski definition) is 2. The minimum atomic E-state index is 1.17. The van der Waals surface area contributed by atoms with Crippen molar-refractivity contribution in [3.05, 3.63) is 24.3 Å². The summed E-state index contributed by atoms with van der Waals surface area (Å²) in [4.78, 5) is 0. The Hall–Kier alpha value is -0.600. The molecule has 0 radical (unpaired) electrons. The van der Waals surface area contributed by atoms with Gasteiger partial charge in [-0.1, -0.05) is 128 Å². The monoisotopic (exact) mass is 519 g/mol. The number of rotatable bonds is 32. The summed E-state index contributed by atoms with van der Waals surface area (Å²) in [6.45, 7) is 9.33. The van der Waals surface area contributed by atoms with E-state index in [0.29, 0.717) is 0 Å². The molecule has 0 aromatic rings. The van der Waals surface area contributed by atoms with Gasteiger partial charge < -0.3 is 10.6 Å². The van der Waals surface area contributed by atoms with Crippen LogP contribution in [0.15, 0.2) is 24.3 Å². The largest absolute Gasteiger partial charge is 0.317 e. The molecule has 0 aliphatic rings. The smallest absolute Gasteiger partial charge is 0.00460 e. The van der Waals surface area contributed by atoms with Crippen LogP contribution < -0.4 is 10.6 Å². The highest BCUT2D eigenvalue weighted by Gasteiger charge is 1.94. The zero-order valence-corrected chi connectivity index (χ0v) is 25.8. The van der Waals surface area contributed by atoms with E-state index in [-0.39, 0.29) is 0 Å². The number of nitrogens with one attached hydrogen (secondary N) is 2. The highest BCUT2D eigenvalue weighted by molar-refractivity contribution is 4.82. The second kappa shape index (κ2) is 35.4. The van der Waals surface area contributed by atoms with Gasteiger partial charge in [0.2, 0.25) is 0 Å². The summed E-state index contributed by atoms with van der Waals surface area (Å²) in [6, 6.07) is 0. The van der Waals surface area contributed by atoms with Crippen molar-refractivity contribution in [2.75, 3.05) is 26.2 Å². The Labute approximate surface area is 235 Å². The van der Waals surface area contributed by atoms with E-state index >= 15 is 0 Å². The van der Waals surface area contributed by atoms with Crippen LogP contribution in [0, 0.1) is 0 Å². The molecule has 0 aliphatic heterocycles. The van der Waals surface area contributed by atoms with E-state index in [1.165, 1.54) is 187 Å². The number of hydrogen-bond donors (Lipinski definition) is 2. The van der Waals surface area contributed by atoms with Gasteiger partial charge in [-0.25, -0.2) is 0 Å². The molecule has 2 nitrogen and oxygen atoms in total. The van der Waals surface area contributed by atoms with Crippen LogP contribution in [0.3, 0.4) is 0 Å². The van der Waals surface area contributed by atoms with Crippen LogP contribution in [0.25, 0.3) is 0 Å². The second-order valence-corrected chi connectivity index (χ2v) is 11.3. The lowest BCUT2D eigenvalue weighted by molar-refractivity contribution is 0.544. The molecular formula is C35H70N2. The lowest BCUT2D eigenvalue weighted by atomic mass is 10.1. The molecule has 37 heavy (non-hydrogen) atoms. The summed E-state index contributed by atoms with van der Waals surface area (Å²) in [7, 11) is 0. The third-order valence-electron chi connectivity index (χ3n) is 7.44. The van der Waals surface area contributed by atoms with Gasteiger partial charge in [0.1, 0.15) is 0 Å². The highest BCUT2D eigenvalue weighted by Crippen LogP contribution is 2.10. The first-order chi connectivity index (χ1) is 18.4. The Morgan fingerprint density at radius 2 is 0.568 bits per heavy atom. The van der Waals surface area contributed by atoms with E-state index in [0.717, 1.165) is 0 Å². The molecular weight excluding hydrogens is 448 g/mol. The van der Waals surface area contributed by atoms with Gasteiger partial charge in [-0.2, -0.15) is 0 Å². The van der Waals surface area contributed by atoms with Crippen LogP contribution in [0.5, 0.6) is 0 Å². The summed E-state index contributed by atoms with van der Waals surface area (Å²) >= 11 is 0. The van der Waals surface area contributed by atoms with Crippen molar-refractivity contribution in [3.63, 3.8) is 0 Å². The lowest BCUT2D eigenvalue weighted by Gasteiger charge is -2.06. The van der Waals surface area contributed by atoms with Crippen molar-refractivity contribution in [1.29, 1.82) is 0 Å². The van der Waals surface area contributed by atoms with Gasteiger partial charge in [0.15, 0.2) is 0 Å². The molecule has 0 aliphatic carbocycles. The maximum atomic E-state index is 3.64. The topological polar surface area (TPSA) is 24.1 Å². The molecule has 0 rings (SSSR count). The van der Waals surface area contributed by atoms with Crippen LogP contribution in [0.2, 0.25) is 0 Å². The third kappa shape index (κ3) is 35.4. The Morgan fingerprint density at radius 1 is 0.297 bits per heavy atom. The maximum absolute atomic E-state index is 3.64. The molecule has 0 saturated carbocycles. The van der Waals surface area contributed by atoms with E-state index < -0.39 is 0 Å². The highest BCUT2D eigenvalue weighted by atomic mass is 14.9. The zero-order chi connectivity index (χ0) is 26.7. The first kappa shape index (κ1) is 36.4. The molecule has 220 valence electrons. The SMILES string of the molecule is CCCCCCCCC=CCCCCCCCCNCCCCNCCCC=CCCCCCCCC. The normalized spacial score (nSPS) is 11.9. The van der Waals surface area contributed by atoms with Crippen molar-refractivity contribution >= 4 is 0 Å². The molecule has 0 unspecified atom stereocenters. The Morgan fingerprint density at radius 3 is 0.973 bits per heavy atom. The minimum Gasteiger partial charge on any atom is -0.317 e. The van der Waals surface area contributed by atoms with Crippen LogP contribution in [-0.2, 0) is 0 Å². The first-order valence-corrected chi connectivity index (χ1v) is 17.1. The average Bonchev–Trinajstić information content (AvgIpc) is 2.91. The van der Waals surface area contributed by atoms with E-state index in [4.69, 9.17) is 0 Å². The number of allylic oxidation sites excluding steroid dienone is 4. The molecule has 0 bridgehead atoms. The van der Waals surface area contributed by atoms with Crippen molar-refractivity contribution < 1.29 is 0 Å². The first-order valence-electron chi connectivity index (χ1n) is 17.1. The van der Waals surface area contributed by atoms with Gasteiger partial charge in [-0.05, 0) is 96.8 Å². The molecule has 2 N–H and O–H groups in total. The van der Waals surface area contributed by atoms with E-state index in [1.807, 2.05) is 0 Å². The Bertz CT molecular complexity index is 403. The molecule has 0 aromatic carbocycles. The summed E-state index contributed by atoms with van der Waals surface area (Å²) < 4.78 is 0. The molecule has 0 atom stereocenters. The lowest BCUT2D eigenvalue weighted by Crippen LogP contribution is -2.20. The molecule has 0 aromatic heterocycles. The average molecular weight is 519 g/mol. The molecule has 0 amide bonds. The van der Waals surface area contributed by atoms with E-state index in [1.54, 1.807) is 0 Å². The Kier molecular flexibility index (Phi) is 34.8. The third-order valence-corrected chi connectivity index (χ3v) is 7.44. The van der Waals surface area contributed by atoms with Crippen molar-refractivity contribution in [1.82, 2.24) is 10.6 Å². The van der Waals surface area contributed by atoms with Crippen LogP contribution >= 0.6 is 0 Å². The summed E-state index contributed by atoms with van der Waals surface area (Å²) in [6.07, 6.45) is 43.9. The standard InChI is InChI=1S/C35H70N2/c1-3-5-7-9-11-13-15-16-17-18-19-21-23-25-27-29-33-37-35-31-30-34-36-32-28-26-24-22-20-14-12-10-8-6-4-2/h16-17,22,24,36-37H,3-15,18-21,23,25-35H2,1-2H3. The predicted octanol–water partition coefficient (Wildman–Crippen LogP) is 11.1. The van der Waals surface area contributed by atoms with Gasteiger partial charge in [-0.3, -0.25) is 0 Å². The fraction of sp³-hybridized carbons (Fsp3) is 0.886. The van der Waals surface area contributed by atoms with Crippen LogP contribution in [-0.4, -0.2) is 26.2 Å². The predicted molar refractivity (Wildman–Crippen MR) is 171 cm³/mol. The van der Waals surface area contributed by atoms with Crippen molar-refractivity contribution in [2.24, 2.45) is 0 Å². The van der Waals surface area contributed by atoms with Gasteiger partial charge in [0.25, 0.3) is 0 Å². The number of unbranched alkanes of at least 4 members (excludes halogenated alkanes) is 20. The van der Waals surface area contributed by atoms with E-state index in [9.17, 15) is 0 Å². The van der Waals surface area contributed by atoms with E-state index in [2.05, 4.69) is 48.8 Å². The summed E-state index contributed by atoms with van der Waals surface area (Å²) in [5, 5.41) is 7.25. The van der Waals surface area contributed by atoms with Crippen LogP contribution in [0.4, 0.5) is 0 Å². The molecule has 0 fully saturated rings. The second-order valence-electron chi connectivity index (χ2n) is 11.3. The maximum Gasteiger partial charge on any atom is -0.00460 e. The van der Waals surface area contributed by atoms with Gasteiger partial charge >= 0.3 is 0 Å². The fourth-order valence-electron chi connectivity index (χ4n) is 4.87. The van der Waals surface area contributed by atoms with Gasteiger partial charge in [0.05, 0.1) is 0 Å².